The van der Waals surface area contributed by atoms with Crippen molar-refractivity contribution in [2.24, 2.45) is 0 Å². The number of hydrogen-bond acceptors (Lipinski definition) is 5. The second kappa shape index (κ2) is 10.4. The third-order valence-corrected chi connectivity index (χ3v) is 6.81. The topological polar surface area (TPSA) is 70.1 Å². The van der Waals surface area contributed by atoms with Gasteiger partial charge in [-0.2, -0.15) is 0 Å². The van der Waals surface area contributed by atoms with Crippen LogP contribution in [-0.2, 0) is 15.0 Å². The van der Waals surface area contributed by atoms with Gasteiger partial charge in [0.05, 0.1) is 18.2 Å². The molecule has 1 atom stereocenters. The van der Waals surface area contributed by atoms with Gasteiger partial charge in [-0.25, -0.2) is 0 Å². The Hall–Kier alpha value is -4.06. The van der Waals surface area contributed by atoms with E-state index in [0.29, 0.717) is 17.9 Å². The average molecular weight is 513 g/mol. The van der Waals surface area contributed by atoms with Crippen molar-refractivity contribution in [3.8, 4) is 5.75 Å². The van der Waals surface area contributed by atoms with E-state index in [0.717, 1.165) is 28.1 Å². The zero-order valence-electron chi connectivity index (χ0n) is 23.2. The van der Waals surface area contributed by atoms with Crippen LogP contribution in [0.25, 0.3) is 5.76 Å². The fourth-order valence-electron chi connectivity index (χ4n) is 4.87. The Morgan fingerprint density at radius 3 is 2.26 bits per heavy atom. The van der Waals surface area contributed by atoms with Crippen molar-refractivity contribution >= 4 is 28.8 Å². The van der Waals surface area contributed by atoms with Crippen molar-refractivity contribution < 1.29 is 19.4 Å². The van der Waals surface area contributed by atoms with Crippen LogP contribution in [-0.4, -0.2) is 37.5 Å². The molecule has 0 bridgehead atoms. The standard InChI is InChI=1S/C32H36N2O4/c1-8-38-26-17-12-22(19-25(26)32(3,4)5)29(35)27-28(21-11-9-10-20(2)18-21)34(31(37)30(27)36)24-15-13-23(14-16-24)33(6)7/h9-19,28,35H,8H2,1-7H3/b29-27-. The number of Topliss-reactive ketones (excluding diaryl/α,β-unsaturated/α-hetero) is 1. The van der Waals surface area contributed by atoms with E-state index in [2.05, 4.69) is 20.8 Å². The Morgan fingerprint density at radius 1 is 1.00 bits per heavy atom. The Labute approximate surface area is 225 Å². The summed E-state index contributed by atoms with van der Waals surface area (Å²) >= 11 is 0. The molecular formula is C32H36N2O4. The molecule has 4 rings (SSSR count). The smallest absolute Gasteiger partial charge is 0.300 e. The lowest BCUT2D eigenvalue weighted by Crippen LogP contribution is -2.29. The summed E-state index contributed by atoms with van der Waals surface area (Å²) in [6.45, 7) is 10.6. The molecule has 1 heterocycles. The predicted octanol–water partition coefficient (Wildman–Crippen LogP) is 6.38. The van der Waals surface area contributed by atoms with Crippen LogP contribution in [0.5, 0.6) is 5.75 Å². The molecular weight excluding hydrogens is 476 g/mol. The highest BCUT2D eigenvalue weighted by Gasteiger charge is 2.47. The van der Waals surface area contributed by atoms with Crippen LogP contribution in [0, 0.1) is 6.92 Å². The van der Waals surface area contributed by atoms with Crippen molar-refractivity contribution in [1.82, 2.24) is 0 Å². The third kappa shape index (κ3) is 5.03. The fourth-order valence-corrected chi connectivity index (χ4v) is 4.87. The van der Waals surface area contributed by atoms with Gasteiger partial charge in [0.1, 0.15) is 11.5 Å². The highest BCUT2D eigenvalue weighted by atomic mass is 16.5. The number of aryl methyl sites for hydroxylation is 1. The molecule has 0 aromatic heterocycles. The Balaban J connectivity index is 1.93. The molecule has 1 amide bonds. The number of carbonyl (C=O) groups excluding carboxylic acids is 2. The highest BCUT2D eigenvalue weighted by Crippen LogP contribution is 2.43. The van der Waals surface area contributed by atoms with Crippen LogP contribution in [0.2, 0.25) is 0 Å². The van der Waals surface area contributed by atoms with Crippen molar-refractivity contribution in [2.45, 2.75) is 46.1 Å². The zero-order chi connectivity index (χ0) is 27.8. The van der Waals surface area contributed by atoms with Crippen LogP contribution < -0.4 is 14.5 Å². The molecule has 0 saturated carbocycles. The van der Waals surface area contributed by atoms with Gasteiger partial charge in [0.2, 0.25) is 0 Å². The summed E-state index contributed by atoms with van der Waals surface area (Å²) in [5.41, 5.74) is 4.49. The van der Waals surface area contributed by atoms with E-state index in [4.69, 9.17) is 4.74 Å². The number of anilines is 2. The molecule has 6 nitrogen and oxygen atoms in total. The van der Waals surface area contributed by atoms with Crippen molar-refractivity contribution in [3.05, 3.63) is 94.6 Å². The molecule has 1 unspecified atom stereocenters. The second-order valence-electron chi connectivity index (χ2n) is 10.9. The van der Waals surface area contributed by atoms with Gasteiger partial charge >= 0.3 is 0 Å². The number of carbonyl (C=O) groups is 2. The van der Waals surface area contributed by atoms with Gasteiger partial charge in [-0.1, -0.05) is 50.6 Å². The molecule has 1 saturated heterocycles. The molecule has 3 aromatic carbocycles. The molecule has 198 valence electrons. The van der Waals surface area contributed by atoms with Crippen LogP contribution in [0.1, 0.15) is 56.0 Å². The normalized spacial score (nSPS) is 17.1. The summed E-state index contributed by atoms with van der Waals surface area (Å²) < 4.78 is 5.84. The number of benzene rings is 3. The number of ketones is 1. The van der Waals surface area contributed by atoms with Gasteiger partial charge in [-0.3, -0.25) is 14.5 Å². The summed E-state index contributed by atoms with van der Waals surface area (Å²) in [6, 6.07) is 19.8. The van der Waals surface area contributed by atoms with E-state index in [1.165, 1.54) is 4.90 Å². The van der Waals surface area contributed by atoms with Crippen LogP contribution in [0.4, 0.5) is 11.4 Å². The van der Waals surface area contributed by atoms with Gasteiger partial charge < -0.3 is 14.7 Å². The minimum Gasteiger partial charge on any atom is -0.507 e. The summed E-state index contributed by atoms with van der Waals surface area (Å²) in [5, 5.41) is 11.6. The summed E-state index contributed by atoms with van der Waals surface area (Å²) in [7, 11) is 3.88. The lowest BCUT2D eigenvalue weighted by molar-refractivity contribution is -0.132. The van der Waals surface area contributed by atoms with Crippen molar-refractivity contribution in [1.29, 1.82) is 0 Å². The Morgan fingerprint density at radius 2 is 1.68 bits per heavy atom. The van der Waals surface area contributed by atoms with Gasteiger partial charge in [0.15, 0.2) is 0 Å². The van der Waals surface area contributed by atoms with E-state index in [1.54, 1.807) is 6.07 Å². The maximum Gasteiger partial charge on any atom is 0.300 e. The largest absolute Gasteiger partial charge is 0.507 e. The molecule has 3 aromatic rings. The third-order valence-electron chi connectivity index (χ3n) is 6.81. The minimum atomic E-state index is -0.773. The molecule has 1 fully saturated rings. The summed E-state index contributed by atoms with van der Waals surface area (Å²) in [6.07, 6.45) is 0. The quantitative estimate of drug-likeness (QED) is 0.236. The van der Waals surface area contributed by atoms with Gasteiger partial charge in [0.25, 0.3) is 11.7 Å². The SMILES string of the molecule is CCOc1ccc(/C(O)=C2/C(=O)C(=O)N(c3ccc(N(C)C)cc3)C2c2cccc(C)c2)cc1C(C)(C)C. The molecule has 1 aliphatic rings. The summed E-state index contributed by atoms with van der Waals surface area (Å²) in [5.74, 6) is -0.849. The maximum atomic E-state index is 13.6. The van der Waals surface area contributed by atoms with E-state index >= 15 is 0 Å². The predicted molar refractivity (Wildman–Crippen MR) is 153 cm³/mol. The average Bonchev–Trinajstić information content (AvgIpc) is 3.13. The molecule has 0 radical (unpaired) electrons. The van der Waals surface area contributed by atoms with E-state index in [9.17, 15) is 14.7 Å². The Kier molecular flexibility index (Phi) is 7.36. The lowest BCUT2D eigenvalue weighted by atomic mass is 9.84. The number of ether oxygens (including phenoxy) is 1. The number of rotatable bonds is 6. The number of nitrogens with zero attached hydrogens (tertiary/aromatic N) is 2. The molecule has 1 N–H and O–H groups in total. The van der Waals surface area contributed by atoms with E-state index in [1.807, 2.05) is 93.5 Å². The molecule has 38 heavy (non-hydrogen) atoms. The number of aliphatic hydroxyl groups is 1. The van der Waals surface area contributed by atoms with Crippen LogP contribution in [0.3, 0.4) is 0 Å². The minimum absolute atomic E-state index is 0.0707. The van der Waals surface area contributed by atoms with Crippen LogP contribution in [0.15, 0.2) is 72.3 Å². The fraction of sp³-hybridized carbons (Fsp3) is 0.312. The van der Waals surface area contributed by atoms with Gasteiger partial charge in [-0.15, -0.1) is 0 Å². The molecule has 1 aliphatic heterocycles. The number of aliphatic hydroxyl groups excluding tert-OH is 1. The Bertz CT molecular complexity index is 1400. The van der Waals surface area contributed by atoms with Crippen LogP contribution >= 0.6 is 0 Å². The number of hydrogen-bond donors (Lipinski definition) is 1. The van der Waals surface area contributed by atoms with E-state index < -0.39 is 17.7 Å². The summed E-state index contributed by atoms with van der Waals surface area (Å²) in [4.78, 5) is 30.5. The maximum absolute atomic E-state index is 13.6. The van der Waals surface area contributed by atoms with Crippen molar-refractivity contribution in [3.63, 3.8) is 0 Å². The number of amides is 1. The van der Waals surface area contributed by atoms with Gasteiger partial charge in [-0.05, 0) is 67.3 Å². The molecule has 0 aliphatic carbocycles. The van der Waals surface area contributed by atoms with E-state index in [-0.39, 0.29) is 16.7 Å². The molecule has 0 spiro atoms. The first-order chi connectivity index (χ1) is 17.9. The highest BCUT2D eigenvalue weighted by molar-refractivity contribution is 6.51. The monoisotopic (exact) mass is 512 g/mol. The van der Waals surface area contributed by atoms with Crippen molar-refractivity contribution in [2.75, 3.05) is 30.5 Å². The lowest BCUT2D eigenvalue weighted by Gasteiger charge is -2.27. The first-order valence-corrected chi connectivity index (χ1v) is 12.9. The van der Waals surface area contributed by atoms with Gasteiger partial charge in [0, 0.05) is 36.6 Å². The first-order valence-electron chi connectivity index (χ1n) is 12.9. The zero-order valence-corrected chi connectivity index (χ0v) is 23.2. The first kappa shape index (κ1) is 27.0. The second-order valence-corrected chi connectivity index (χ2v) is 10.9. The molecule has 6 heteroatoms.